The van der Waals surface area contributed by atoms with E-state index >= 15 is 0 Å². The fraction of sp³-hybridized carbons (Fsp3) is 0.852. The number of ether oxygens (including phenoxy) is 2. The Bertz CT molecular complexity index is 900. The third kappa shape index (κ3) is 2.36. The number of rotatable bonds is 0. The Morgan fingerprint density at radius 2 is 1.91 bits per heavy atom. The summed E-state index contributed by atoms with van der Waals surface area (Å²) in [6, 6.07) is 0. The molecule has 1 spiro atoms. The maximum Gasteiger partial charge on any atom is 0.174 e. The van der Waals surface area contributed by atoms with Gasteiger partial charge in [-0.25, -0.2) is 0 Å². The largest absolute Gasteiger partial charge is 0.386 e. The van der Waals surface area contributed by atoms with Crippen LogP contribution in [-0.4, -0.2) is 40.8 Å². The van der Waals surface area contributed by atoms with Gasteiger partial charge in [-0.15, -0.1) is 0 Å². The number of carbonyl (C=O) groups is 2. The fourth-order valence-electron chi connectivity index (χ4n) is 9.12. The summed E-state index contributed by atoms with van der Waals surface area (Å²) in [7, 11) is 0. The van der Waals surface area contributed by atoms with E-state index in [2.05, 4.69) is 26.8 Å². The zero-order chi connectivity index (χ0) is 22.7. The van der Waals surface area contributed by atoms with Crippen molar-refractivity contribution in [2.75, 3.05) is 6.61 Å². The van der Waals surface area contributed by atoms with Crippen LogP contribution in [0.2, 0.25) is 0 Å². The maximum absolute atomic E-state index is 14.0. The number of Topliss-reactive ketones (excluding diaryl/α,β-unsaturated/α-hetero) is 2. The molecule has 6 rings (SSSR count). The molecule has 4 aliphatic carbocycles. The van der Waals surface area contributed by atoms with E-state index in [9.17, 15) is 14.7 Å². The molecule has 0 amide bonds. The minimum Gasteiger partial charge on any atom is -0.386 e. The topological polar surface area (TPSA) is 72.8 Å². The molecular weight excluding hydrogens is 404 g/mol. The molecule has 0 unspecified atom stereocenters. The van der Waals surface area contributed by atoms with E-state index in [1.54, 1.807) is 0 Å². The van der Waals surface area contributed by atoms with Crippen molar-refractivity contribution >= 4 is 11.6 Å². The van der Waals surface area contributed by atoms with Crippen LogP contribution in [0, 0.1) is 40.4 Å². The molecule has 1 N–H and O–H groups in total. The highest BCUT2D eigenvalue weighted by Gasteiger charge is 2.78. The predicted octanol–water partition coefficient (Wildman–Crippen LogP) is 4.22. The van der Waals surface area contributed by atoms with Crippen LogP contribution >= 0.6 is 0 Å². The van der Waals surface area contributed by atoms with Gasteiger partial charge in [0.05, 0.1) is 18.1 Å². The smallest absolute Gasteiger partial charge is 0.174 e. The van der Waals surface area contributed by atoms with Crippen LogP contribution in [-0.2, 0) is 19.1 Å². The average Bonchev–Trinajstić information content (AvgIpc) is 3.11. The number of ketones is 2. The molecule has 3 saturated carbocycles. The molecule has 0 aromatic heterocycles. The molecule has 2 aliphatic heterocycles. The molecule has 0 aromatic rings. The van der Waals surface area contributed by atoms with E-state index in [0.717, 1.165) is 32.1 Å². The van der Waals surface area contributed by atoms with Crippen molar-refractivity contribution in [2.45, 2.75) is 96.6 Å². The van der Waals surface area contributed by atoms with E-state index in [0.29, 0.717) is 43.5 Å². The van der Waals surface area contributed by atoms with Gasteiger partial charge in [0.25, 0.3) is 0 Å². The van der Waals surface area contributed by atoms with Crippen LogP contribution < -0.4 is 0 Å². The third-order valence-corrected chi connectivity index (χ3v) is 11.3. The van der Waals surface area contributed by atoms with Crippen molar-refractivity contribution in [3.63, 3.8) is 0 Å². The van der Waals surface area contributed by atoms with Gasteiger partial charge >= 0.3 is 0 Å². The van der Waals surface area contributed by atoms with Gasteiger partial charge < -0.3 is 14.6 Å². The summed E-state index contributed by atoms with van der Waals surface area (Å²) < 4.78 is 12.9. The molecule has 6 aliphatic rings. The zero-order valence-electron chi connectivity index (χ0n) is 20.0. The monoisotopic (exact) mass is 442 g/mol. The van der Waals surface area contributed by atoms with Gasteiger partial charge in [-0.2, -0.15) is 0 Å². The minimum atomic E-state index is -1.19. The summed E-state index contributed by atoms with van der Waals surface area (Å²) in [5.74, 6) is 0.764. The van der Waals surface area contributed by atoms with Crippen molar-refractivity contribution in [1.82, 2.24) is 0 Å². The Hall–Kier alpha value is -1.04. The number of hydrogen-bond donors (Lipinski definition) is 1. The summed E-state index contributed by atoms with van der Waals surface area (Å²) in [6.07, 6.45) is 7.94. The predicted molar refractivity (Wildman–Crippen MR) is 119 cm³/mol. The van der Waals surface area contributed by atoms with Gasteiger partial charge in [0, 0.05) is 31.6 Å². The van der Waals surface area contributed by atoms with Crippen LogP contribution in [0.3, 0.4) is 0 Å². The quantitative estimate of drug-likeness (QED) is 0.569. The molecule has 0 aromatic carbocycles. The lowest BCUT2D eigenvalue weighted by atomic mass is 9.46. The first-order chi connectivity index (χ1) is 15.1. The Balaban J connectivity index is 1.37. The highest BCUT2D eigenvalue weighted by molar-refractivity contribution is 5.89. The van der Waals surface area contributed by atoms with E-state index in [4.69, 9.17) is 9.47 Å². The van der Waals surface area contributed by atoms with Gasteiger partial charge in [0.1, 0.15) is 17.2 Å². The maximum atomic E-state index is 14.0. The standard InChI is InChI=1S/C27H38O5/c1-15-7-10-26(31-14-15)16(2)27(30)23(32-26)13-21-19-6-5-17-11-18(28)8-9-24(17,3)20(19)12-22(29)25(21,27)4/h5,15-16,19-21,23,30H,6-14H2,1-4H3/t15-,16+,19+,20-,21+,23+,24+,25-,26+,27+/m1/s1. The summed E-state index contributed by atoms with van der Waals surface area (Å²) in [5, 5.41) is 12.3. The first-order valence-corrected chi connectivity index (χ1v) is 12.8. The van der Waals surface area contributed by atoms with Crippen LogP contribution in [0.25, 0.3) is 0 Å². The molecule has 2 heterocycles. The number of carbonyl (C=O) groups excluding carboxylic acids is 2. The Labute approximate surface area is 191 Å². The molecule has 5 fully saturated rings. The molecule has 0 bridgehead atoms. The van der Waals surface area contributed by atoms with Crippen molar-refractivity contribution < 1.29 is 24.2 Å². The summed E-state index contributed by atoms with van der Waals surface area (Å²) in [6.45, 7) is 9.21. The molecule has 5 nitrogen and oxygen atoms in total. The van der Waals surface area contributed by atoms with Gasteiger partial charge in [-0.1, -0.05) is 32.4 Å². The molecule has 2 saturated heterocycles. The third-order valence-electron chi connectivity index (χ3n) is 11.3. The fourth-order valence-corrected chi connectivity index (χ4v) is 9.12. The minimum absolute atomic E-state index is 0.0650. The second-order valence-corrected chi connectivity index (χ2v) is 12.5. The van der Waals surface area contributed by atoms with Crippen LogP contribution in [0.5, 0.6) is 0 Å². The molecular formula is C27H38O5. The molecule has 176 valence electrons. The first-order valence-electron chi connectivity index (χ1n) is 12.8. The Kier molecular flexibility index (Phi) is 4.40. The summed E-state index contributed by atoms with van der Waals surface area (Å²) in [4.78, 5) is 26.1. The van der Waals surface area contributed by atoms with Crippen molar-refractivity contribution in [3.05, 3.63) is 11.6 Å². The van der Waals surface area contributed by atoms with Crippen LogP contribution in [0.1, 0.15) is 79.1 Å². The summed E-state index contributed by atoms with van der Waals surface area (Å²) >= 11 is 0. The highest BCUT2D eigenvalue weighted by atomic mass is 16.7. The lowest BCUT2D eigenvalue weighted by Gasteiger charge is -2.58. The number of allylic oxidation sites excluding steroid dienone is 2. The molecule has 10 atom stereocenters. The number of fused-ring (bicyclic) bond motifs is 7. The van der Waals surface area contributed by atoms with Gasteiger partial charge in [-0.05, 0) is 61.7 Å². The molecule has 5 heteroatoms. The second kappa shape index (κ2) is 6.55. The van der Waals surface area contributed by atoms with E-state index < -0.39 is 16.8 Å². The van der Waals surface area contributed by atoms with Crippen molar-refractivity contribution in [3.8, 4) is 0 Å². The first kappa shape index (κ1) is 21.5. The lowest BCUT2D eigenvalue weighted by Crippen LogP contribution is -2.63. The van der Waals surface area contributed by atoms with E-state index in [1.165, 1.54) is 5.57 Å². The van der Waals surface area contributed by atoms with Crippen LogP contribution in [0.15, 0.2) is 11.6 Å². The number of aliphatic hydroxyl groups is 1. The van der Waals surface area contributed by atoms with Crippen LogP contribution in [0.4, 0.5) is 0 Å². The summed E-state index contributed by atoms with van der Waals surface area (Å²) in [5.41, 5.74) is -0.796. The van der Waals surface area contributed by atoms with Gasteiger partial charge in [0.2, 0.25) is 0 Å². The van der Waals surface area contributed by atoms with Crippen molar-refractivity contribution in [2.24, 2.45) is 40.4 Å². The normalized spacial score (nSPS) is 57.0. The van der Waals surface area contributed by atoms with Crippen molar-refractivity contribution in [1.29, 1.82) is 0 Å². The van der Waals surface area contributed by atoms with E-state index in [-0.39, 0.29) is 35.1 Å². The highest BCUT2D eigenvalue weighted by Crippen LogP contribution is 2.70. The average molecular weight is 443 g/mol. The Morgan fingerprint density at radius 1 is 1.12 bits per heavy atom. The second-order valence-electron chi connectivity index (χ2n) is 12.5. The van der Waals surface area contributed by atoms with Gasteiger partial charge in [-0.3, -0.25) is 9.59 Å². The SMILES string of the molecule is C[C@@H]1CC[C@]2(OC1)O[C@H]1C[C@H]3[C@H]4CC=C5CC(=O)CC[C@]5(C)[C@@H]4CC(=O)[C@]3(C)[C@]1(O)[C@H]2C. The van der Waals surface area contributed by atoms with Gasteiger partial charge in [0.15, 0.2) is 5.79 Å². The molecule has 0 radical (unpaired) electrons. The zero-order valence-corrected chi connectivity index (χ0v) is 20.0. The Morgan fingerprint density at radius 3 is 2.62 bits per heavy atom. The number of hydrogen-bond acceptors (Lipinski definition) is 5. The van der Waals surface area contributed by atoms with E-state index in [1.807, 2.05) is 6.92 Å². The molecule has 32 heavy (non-hydrogen) atoms. The lowest BCUT2D eigenvalue weighted by molar-refractivity contribution is -0.273.